The van der Waals surface area contributed by atoms with E-state index in [1.165, 1.54) is 12.1 Å². The Bertz CT molecular complexity index is 595. The molecular weight excluding hydrogens is 338 g/mol. The molecule has 23 heavy (non-hydrogen) atoms. The summed E-state index contributed by atoms with van der Waals surface area (Å²) < 4.78 is 26.4. The van der Waals surface area contributed by atoms with E-state index in [1.54, 1.807) is 18.2 Å². The summed E-state index contributed by atoms with van der Waals surface area (Å²) in [7, 11) is -3.51. The molecule has 1 aliphatic carbocycles. The Kier molecular flexibility index (Phi) is 7.98. The topological polar surface area (TPSA) is 101 Å². The molecule has 1 aromatic rings. The molecule has 0 unspecified atom stereocenters. The summed E-state index contributed by atoms with van der Waals surface area (Å²) >= 11 is 0. The van der Waals surface area contributed by atoms with Crippen LogP contribution < -0.4 is 15.8 Å². The second kappa shape index (κ2) is 9.22. The maximum absolute atomic E-state index is 12.0. The number of hydrogen-bond acceptors (Lipinski definition) is 4. The van der Waals surface area contributed by atoms with Crippen LogP contribution in [0.5, 0.6) is 0 Å². The number of carbonyl (C=O) groups is 1. The number of benzene rings is 1. The summed E-state index contributed by atoms with van der Waals surface area (Å²) in [5.74, 6) is 0.183. The fourth-order valence-electron chi connectivity index (χ4n) is 2.70. The van der Waals surface area contributed by atoms with E-state index in [9.17, 15) is 13.2 Å². The lowest BCUT2D eigenvalue weighted by molar-refractivity contribution is -0.122. The minimum Gasteiger partial charge on any atom is -0.355 e. The molecule has 0 saturated heterocycles. The van der Waals surface area contributed by atoms with Gasteiger partial charge in [0.05, 0.1) is 4.90 Å². The first-order chi connectivity index (χ1) is 10.5. The van der Waals surface area contributed by atoms with Crippen molar-refractivity contribution in [3.63, 3.8) is 0 Å². The highest BCUT2D eigenvalue weighted by molar-refractivity contribution is 7.89. The van der Waals surface area contributed by atoms with Gasteiger partial charge < -0.3 is 11.1 Å². The number of sulfonamides is 1. The number of carbonyl (C=O) groups excluding carboxylic acids is 1. The Morgan fingerprint density at radius 3 is 2.48 bits per heavy atom. The highest BCUT2D eigenvalue weighted by Gasteiger charge is 2.25. The van der Waals surface area contributed by atoms with Crippen molar-refractivity contribution in [3.05, 3.63) is 30.3 Å². The molecule has 4 N–H and O–H groups in total. The zero-order chi connectivity index (χ0) is 16.0. The number of nitrogens with two attached hydrogens (primary N) is 1. The molecule has 0 bridgehead atoms. The highest BCUT2D eigenvalue weighted by atomic mass is 35.5. The van der Waals surface area contributed by atoms with Gasteiger partial charge in [0.2, 0.25) is 15.9 Å². The van der Waals surface area contributed by atoms with Crippen molar-refractivity contribution in [2.24, 2.45) is 11.7 Å². The first-order valence-electron chi connectivity index (χ1n) is 7.56. The summed E-state index contributed by atoms with van der Waals surface area (Å²) in [5, 5.41) is 2.73. The normalized spacial score (nSPS) is 20.7. The van der Waals surface area contributed by atoms with Crippen molar-refractivity contribution in [2.45, 2.75) is 36.6 Å². The molecule has 2 atom stereocenters. The smallest absolute Gasteiger partial charge is 0.240 e. The molecule has 2 rings (SSSR count). The second-order valence-electron chi connectivity index (χ2n) is 5.62. The third-order valence-corrected chi connectivity index (χ3v) is 5.44. The lowest BCUT2D eigenvalue weighted by atomic mass is 10.00. The number of amides is 1. The molecular formula is C15H24ClN3O3S. The van der Waals surface area contributed by atoms with Crippen molar-refractivity contribution in [2.75, 3.05) is 13.1 Å². The van der Waals surface area contributed by atoms with E-state index in [0.717, 1.165) is 19.3 Å². The van der Waals surface area contributed by atoms with E-state index in [0.29, 0.717) is 6.42 Å². The van der Waals surface area contributed by atoms with Crippen molar-refractivity contribution in [1.82, 2.24) is 10.0 Å². The summed E-state index contributed by atoms with van der Waals surface area (Å²) in [5.41, 5.74) is 5.93. The van der Waals surface area contributed by atoms with Gasteiger partial charge in [-0.2, -0.15) is 0 Å². The van der Waals surface area contributed by atoms with E-state index >= 15 is 0 Å². The van der Waals surface area contributed by atoms with E-state index in [1.807, 2.05) is 0 Å². The van der Waals surface area contributed by atoms with Crippen LogP contribution in [0.1, 0.15) is 25.7 Å². The average molecular weight is 362 g/mol. The Hall–Kier alpha value is -1.15. The van der Waals surface area contributed by atoms with Gasteiger partial charge in [0.1, 0.15) is 0 Å². The molecule has 1 amide bonds. The molecule has 8 heteroatoms. The first-order valence-corrected chi connectivity index (χ1v) is 9.04. The second-order valence-corrected chi connectivity index (χ2v) is 7.39. The molecule has 0 spiro atoms. The van der Waals surface area contributed by atoms with Crippen LogP contribution in [0, 0.1) is 5.92 Å². The van der Waals surface area contributed by atoms with Gasteiger partial charge in [0, 0.05) is 25.6 Å². The molecule has 130 valence electrons. The van der Waals surface area contributed by atoms with Crippen LogP contribution in [0.2, 0.25) is 0 Å². The van der Waals surface area contributed by atoms with E-state index in [4.69, 9.17) is 5.73 Å². The molecule has 1 aliphatic rings. The standard InChI is InChI=1S/C15H23N3O3S.ClH/c16-14-8-4-5-12(14)11-15(19)17-9-10-18-22(20,21)13-6-2-1-3-7-13;/h1-3,6-7,12,14,18H,4-5,8-11,16H2,(H,17,19);1H/t12-,14+;/m0./s1. The van der Waals surface area contributed by atoms with Gasteiger partial charge in [-0.05, 0) is 30.9 Å². The van der Waals surface area contributed by atoms with Gasteiger partial charge >= 0.3 is 0 Å². The van der Waals surface area contributed by atoms with Crippen LogP contribution in [0.25, 0.3) is 0 Å². The molecule has 0 radical (unpaired) electrons. The van der Waals surface area contributed by atoms with Crippen molar-refractivity contribution in [1.29, 1.82) is 0 Å². The lowest BCUT2D eigenvalue weighted by Gasteiger charge is -2.14. The van der Waals surface area contributed by atoms with Gasteiger partial charge in [-0.1, -0.05) is 24.6 Å². The van der Waals surface area contributed by atoms with Gasteiger partial charge in [0.15, 0.2) is 0 Å². The number of nitrogens with one attached hydrogen (secondary N) is 2. The first kappa shape index (κ1) is 19.9. The van der Waals surface area contributed by atoms with Crippen LogP contribution in [-0.2, 0) is 14.8 Å². The van der Waals surface area contributed by atoms with Gasteiger partial charge in [-0.25, -0.2) is 13.1 Å². The molecule has 0 heterocycles. The Morgan fingerprint density at radius 2 is 1.87 bits per heavy atom. The Morgan fingerprint density at radius 1 is 1.17 bits per heavy atom. The monoisotopic (exact) mass is 361 g/mol. The lowest BCUT2D eigenvalue weighted by Crippen LogP contribution is -2.36. The molecule has 0 aliphatic heterocycles. The van der Waals surface area contributed by atoms with Crippen LogP contribution in [0.3, 0.4) is 0 Å². The summed E-state index contributed by atoms with van der Waals surface area (Å²) in [4.78, 5) is 12.0. The largest absolute Gasteiger partial charge is 0.355 e. The quantitative estimate of drug-likeness (QED) is 0.631. The Labute approximate surface area is 143 Å². The predicted octanol–water partition coefficient (Wildman–Crippen LogP) is 1.02. The van der Waals surface area contributed by atoms with Crippen molar-refractivity contribution in [3.8, 4) is 0 Å². The summed E-state index contributed by atoms with van der Waals surface area (Å²) in [6.45, 7) is 0.437. The fourth-order valence-corrected chi connectivity index (χ4v) is 3.75. The third-order valence-electron chi connectivity index (χ3n) is 3.96. The predicted molar refractivity (Wildman–Crippen MR) is 91.8 cm³/mol. The molecule has 1 saturated carbocycles. The molecule has 6 nitrogen and oxygen atoms in total. The minimum absolute atomic E-state index is 0. The minimum atomic E-state index is -3.51. The third kappa shape index (κ3) is 6.10. The van der Waals surface area contributed by atoms with Gasteiger partial charge in [-0.3, -0.25) is 4.79 Å². The van der Waals surface area contributed by atoms with E-state index < -0.39 is 10.0 Å². The van der Waals surface area contributed by atoms with E-state index in [-0.39, 0.29) is 48.3 Å². The van der Waals surface area contributed by atoms with Gasteiger partial charge in [-0.15, -0.1) is 12.4 Å². The van der Waals surface area contributed by atoms with Crippen LogP contribution >= 0.6 is 12.4 Å². The molecule has 0 aromatic heterocycles. The maximum Gasteiger partial charge on any atom is 0.240 e. The highest BCUT2D eigenvalue weighted by Crippen LogP contribution is 2.26. The van der Waals surface area contributed by atoms with Crippen LogP contribution in [0.15, 0.2) is 35.2 Å². The van der Waals surface area contributed by atoms with E-state index in [2.05, 4.69) is 10.0 Å². The maximum atomic E-state index is 12.0. The van der Waals surface area contributed by atoms with Crippen molar-refractivity contribution >= 4 is 28.3 Å². The summed E-state index contributed by atoms with van der Waals surface area (Å²) in [6, 6.07) is 8.27. The average Bonchev–Trinajstić information content (AvgIpc) is 2.90. The summed E-state index contributed by atoms with van der Waals surface area (Å²) in [6.07, 6.45) is 3.48. The fraction of sp³-hybridized carbons (Fsp3) is 0.533. The number of rotatable bonds is 7. The number of halogens is 1. The molecule has 1 aromatic carbocycles. The SMILES string of the molecule is Cl.N[C@@H]1CCC[C@H]1CC(=O)NCCNS(=O)(=O)c1ccccc1. The van der Waals surface area contributed by atoms with Crippen LogP contribution in [-0.4, -0.2) is 33.5 Å². The van der Waals surface area contributed by atoms with Crippen LogP contribution in [0.4, 0.5) is 0 Å². The Balaban J connectivity index is 0.00000264. The number of hydrogen-bond donors (Lipinski definition) is 3. The zero-order valence-electron chi connectivity index (χ0n) is 12.9. The van der Waals surface area contributed by atoms with Crippen molar-refractivity contribution < 1.29 is 13.2 Å². The van der Waals surface area contributed by atoms with Gasteiger partial charge in [0.25, 0.3) is 0 Å². The molecule has 1 fully saturated rings. The zero-order valence-corrected chi connectivity index (χ0v) is 14.5.